The lowest BCUT2D eigenvalue weighted by molar-refractivity contribution is -0.118. The minimum Gasteiger partial charge on any atom is -0.398 e. The van der Waals surface area contributed by atoms with Crippen LogP contribution in [-0.4, -0.2) is 30.4 Å². The number of piperidine rings is 1. The zero-order valence-electron chi connectivity index (χ0n) is 15.7. The number of hydrogen-bond acceptors (Lipinski definition) is 4. The highest BCUT2D eigenvalue weighted by atomic mass is 31.0. The molecule has 0 radical (unpaired) electrons. The Hall–Kier alpha value is -2.39. The number of carbonyl (C=O) groups excluding carboxylic acids is 1. The summed E-state index contributed by atoms with van der Waals surface area (Å²) in [5.74, 6) is -0.137. The number of nitrogens with two attached hydrogens (primary N) is 1. The van der Waals surface area contributed by atoms with E-state index in [1.54, 1.807) is 6.08 Å². The molecule has 1 aromatic rings. The van der Waals surface area contributed by atoms with Crippen LogP contribution in [-0.2, 0) is 4.79 Å². The molecule has 0 spiro atoms. The van der Waals surface area contributed by atoms with Crippen LogP contribution in [0.1, 0.15) is 31.7 Å². The first-order chi connectivity index (χ1) is 12.9. The van der Waals surface area contributed by atoms with Gasteiger partial charge in [0, 0.05) is 48.2 Å². The number of amides is 1. The first-order valence-electron chi connectivity index (χ1n) is 9.29. The Morgan fingerprint density at radius 3 is 2.52 bits per heavy atom. The summed E-state index contributed by atoms with van der Waals surface area (Å²) in [6.45, 7) is 3.60. The highest BCUT2D eigenvalue weighted by Gasteiger charge is 2.17. The quantitative estimate of drug-likeness (QED) is 0.553. The largest absolute Gasteiger partial charge is 0.398 e. The average Bonchev–Trinajstić information content (AvgIpc) is 2.83. The average molecular weight is 382 g/mol. The molecule has 142 valence electrons. The van der Waals surface area contributed by atoms with Crippen molar-refractivity contribution >= 4 is 26.5 Å². The predicted molar refractivity (Wildman–Crippen MR) is 115 cm³/mol. The van der Waals surface area contributed by atoms with Gasteiger partial charge in [-0.05, 0) is 43.1 Å². The van der Waals surface area contributed by atoms with Crippen molar-refractivity contribution in [1.29, 1.82) is 5.41 Å². The summed E-state index contributed by atoms with van der Waals surface area (Å²) in [5.41, 5.74) is 11.1. The molecule has 1 fully saturated rings. The van der Waals surface area contributed by atoms with E-state index in [9.17, 15) is 4.79 Å². The Bertz CT molecular complexity index is 815. The van der Waals surface area contributed by atoms with E-state index in [2.05, 4.69) is 31.6 Å². The maximum absolute atomic E-state index is 11.4. The zero-order valence-corrected chi connectivity index (χ0v) is 16.8. The molecule has 1 unspecified atom stereocenters. The van der Waals surface area contributed by atoms with Gasteiger partial charge in [-0.15, -0.1) is 9.24 Å². The fourth-order valence-electron chi connectivity index (χ4n) is 3.38. The van der Waals surface area contributed by atoms with Crippen molar-refractivity contribution in [3.8, 4) is 0 Å². The summed E-state index contributed by atoms with van der Waals surface area (Å²) < 4.78 is 0. The highest BCUT2D eigenvalue weighted by Crippen LogP contribution is 2.25. The van der Waals surface area contributed by atoms with E-state index in [1.807, 2.05) is 24.3 Å². The lowest BCUT2D eigenvalue weighted by atomic mass is 9.98. The fraction of sp³-hybridized carbons (Fsp3) is 0.333. The molecule has 2 aliphatic rings. The molecular weight excluding hydrogens is 355 g/mol. The van der Waals surface area contributed by atoms with E-state index < -0.39 is 0 Å². The Balaban J connectivity index is 1.79. The van der Waals surface area contributed by atoms with Crippen molar-refractivity contribution in [3.63, 3.8) is 0 Å². The van der Waals surface area contributed by atoms with Crippen molar-refractivity contribution in [2.45, 2.75) is 31.8 Å². The van der Waals surface area contributed by atoms with Crippen LogP contribution in [0.2, 0.25) is 0 Å². The number of anilines is 1. The van der Waals surface area contributed by atoms with E-state index in [1.165, 1.54) is 25.5 Å². The van der Waals surface area contributed by atoms with Crippen LogP contribution in [0.15, 0.2) is 59.5 Å². The van der Waals surface area contributed by atoms with Gasteiger partial charge in [0.2, 0.25) is 5.91 Å². The third-order valence-electron chi connectivity index (χ3n) is 4.94. The predicted octanol–water partition coefficient (Wildman–Crippen LogP) is 3.09. The van der Waals surface area contributed by atoms with Crippen molar-refractivity contribution in [2.75, 3.05) is 18.0 Å². The third kappa shape index (κ3) is 4.86. The smallest absolute Gasteiger partial charge is 0.221 e. The van der Waals surface area contributed by atoms with Gasteiger partial charge in [0.05, 0.1) is 5.71 Å². The molecule has 5 nitrogen and oxygen atoms in total. The molecule has 1 saturated heterocycles. The van der Waals surface area contributed by atoms with Crippen molar-refractivity contribution in [3.05, 3.63) is 65.0 Å². The summed E-state index contributed by atoms with van der Waals surface area (Å²) in [6.07, 6.45) is 8.55. The van der Waals surface area contributed by atoms with Crippen LogP contribution in [0, 0.1) is 5.41 Å². The van der Waals surface area contributed by atoms with Crippen molar-refractivity contribution < 1.29 is 4.79 Å². The second-order valence-electron chi connectivity index (χ2n) is 7.04. The molecule has 0 aromatic heterocycles. The van der Waals surface area contributed by atoms with Crippen LogP contribution in [0.4, 0.5) is 5.69 Å². The summed E-state index contributed by atoms with van der Waals surface area (Å²) in [6, 6.07) is 8.11. The molecule has 0 saturated carbocycles. The Kier molecular flexibility index (Phi) is 6.12. The molecule has 1 aliphatic heterocycles. The van der Waals surface area contributed by atoms with E-state index in [0.29, 0.717) is 29.1 Å². The van der Waals surface area contributed by atoms with E-state index in [0.717, 1.165) is 24.3 Å². The monoisotopic (exact) mass is 382 g/mol. The first-order valence-corrected chi connectivity index (χ1v) is 9.96. The van der Waals surface area contributed by atoms with E-state index in [4.69, 9.17) is 11.1 Å². The molecular formula is C21H27N4OP. The standard InChI is InChI=1S/C21H27N4OP/c1-14(26)24-16-3-2-4-20(22)19(13-16)21(23)15-5-7-17(8-6-15)25-11-9-18(27)10-12-25/h3-8,13,18,23H,2,9-12,22,27H2,1H3,(H,24,26). The zero-order chi connectivity index (χ0) is 19.4. The molecule has 0 bridgehead atoms. The number of carbonyl (C=O) groups is 1. The van der Waals surface area contributed by atoms with Gasteiger partial charge < -0.3 is 16.0 Å². The molecule has 1 amide bonds. The summed E-state index contributed by atoms with van der Waals surface area (Å²) in [4.78, 5) is 13.8. The van der Waals surface area contributed by atoms with Crippen LogP contribution in [0.25, 0.3) is 0 Å². The summed E-state index contributed by atoms with van der Waals surface area (Å²) >= 11 is 0. The van der Waals surface area contributed by atoms with E-state index >= 15 is 0 Å². The van der Waals surface area contributed by atoms with Crippen LogP contribution in [0.5, 0.6) is 0 Å². The fourth-order valence-corrected chi connectivity index (χ4v) is 3.68. The number of nitrogens with one attached hydrogen (secondary N) is 2. The molecule has 1 atom stereocenters. The second kappa shape index (κ2) is 8.53. The summed E-state index contributed by atoms with van der Waals surface area (Å²) in [7, 11) is 2.92. The maximum atomic E-state index is 11.4. The Morgan fingerprint density at radius 2 is 1.89 bits per heavy atom. The SMILES string of the molecule is CC(=O)NC1=CCC=C(N)C(C(=N)c2ccc(N3CCC(P)CC3)cc2)=C1. The van der Waals surface area contributed by atoms with Crippen LogP contribution >= 0.6 is 9.24 Å². The number of nitrogens with zero attached hydrogens (tertiary/aromatic N) is 1. The molecule has 3 rings (SSSR count). The molecule has 1 heterocycles. The Morgan fingerprint density at radius 1 is 1.22 bits per heavy atom. The van der Waals surface area contributed by atoms with Crippen LogP contribution < -0.4 is 16.0 Å². The minimum absolute atomic E-state index is 0.137. The maximum Gasteiger partial charge on any atom is 0.221 e. The van der Waals surface area contributed by atoms with Gasteiger partial charge in [0.25, 0.3) is 0 Å². The lowest BCUT2D eigenvalue weighted by Gasteiger charge is -2.32. The molecule has 1 aromatic carbocycles. The van der Waals surface area contributed by atoms with Crippen molar-refractivity contribution in [1.82, 2.24) is 5.32 Å². The van der Waals surface area contributed by atoms with Gasteiger partial charge in [-0.25, -0.2) is 0 Å². The molecule has 4 N–H and O–H groups in total. The van der Waals surface area contributed by atoms with Gasteiger partial charge in [0.15, 0.2) is 0 Å². The second-order valence-corrected chi connectivity index (χ2v) is 7.98. The topological polar surface area (TPSA) is 82.2 Å². The molecule has 1 aliphatic carbocycles. The minimum atomic E-state index is -0.137. The van der Waals surface area contributed by atoms with Gasteiger partial charge in [-0.3, -0.25) is 10.2 Å². The van der Waals surface area contributed by atoms with E-state index in [-0.39, 0.29) is 5.91 Å². The van der Waals surface area contributed by atoms with Gasteiger partial charge in [-0.1, -0.05) is 24.3 Å². The number of rotatable bonds is 4. The van der Waals surface area contributed by atoms with Crippen molar-refractivity contribution in [2.24, 2.45) is 5.73 Å². The van der Waals surface area contributed by atoms with Gasteiger partial charge in [-0.2, -0.15) is 0 Å². The third-order valence-corrected chi connectivity index (χ3v) is 5.60. The number of hydrogen-bond donors (Lipinski definition) is 3. The number of benzene rings is 1. The Labute approximate surface area is 163 Å². The van der Waals surface area contributed by atoms with Crippen LogP contribution in [0.3, 0.4) is 0 Å². The first kappa shape index (κ1) is 19.4. The number of allylic oxidation sites excluding steroid dienone is 4. The normalized spacial score (nSPS) is 18.1. The molecule has 27 heavy (non-hydrogen) atoms. The molecule has 6 heteroatoms. The van der Waals surface area contributed by atoms with Gasteiger partial charge >= 0.3 is 0 Å². The lowest BCUT2D eigenvalue weighted by Crippen LogP contribution is -2.33. The summed E-state index contributed by atoms with van der Waals surface area (Å²) in [5, 5.41) is 11.4. The highest BCUT2D eigenvalue weighted by molar-refractivity contribution is 7.17. The van der Waals surface area contributed by atoms with Gasteiger partial charge in [0.1, 0.15) is 0 Å².